The molecule has 0 atom stereocenters. The number of amides is 1. The summed E-state index contributed by atoms with van der Waals surface area (Å²) in [5.74, 6) is 0.325. The number of carboxylic acid groups (broad SMARTS) is 1. The van der Waals surface area contributed by atoms with Crippen LogP contribution < -0.4 is 9.80 Å². The molecule has 5 rings (SSSR count). The van der Waals surface area contributed by atoms with E-state index in [0.29, 0.717) is 48.2 Å². The Balaban J connectivity index is 1.39. The molecule has 2 aromatic heterocycles. The summed E-state index contributed by atoms with van der Waals surface area (Å²) < 4.78 is 0. The van der Waals surface area contributed by atoms with Crippen molar-refractivity contribution in [2.45, 2.75) is 59.4 Å². The molecule has 1 saturated heterocycles. The first kappa shape index (κ1) is 27.8. The topological polar surface area (TPSA) is 103 Å². The van der Waals surface area contributed by atoms with Gasteiger partial charge in [0.15, 0.2) is 5.82 Å². The van der Waals surface area contributed by atoms with Gasteiger partial charge in [-0.3, -0.25) is 4.79 Å². The number of pyridine rings is 1. The van der Waals surface area contributed by atoms with Gasteiger partial charge >= 0.3 is 5.97 Å². The highest BCUT2D eigenvalue weighted by molar-refractivity contribution is 6.31. The molecule has 4 heterocycles. The normalized spacial score (nSPS) is 17.6. The van der Waals surface area contributed by atoms with Crippen LogP contribution in [-0.2, 0) is 5.41 Å². The molecule has 0 radical (unpaired) electrons. The molecule has 9 nitrogen and oxygen atoms in total. The van der Waals surface area contributed by atoms with Gasteiger partial charge in [0.25, 0.3) is 5.91 Å². The summed E-state index contributed by atoms with van der Waals surface area (Å²) in [5.41, 5.74) is 3.63. The van der Waals surface area contributed by atoms with E-state index in [2.05, 4.69) is 28.6 Å². The molecule has 1 aromatic carbocycles. The fraction of sp³-hybridized carbons (Fsp3) is 0.433. The van der Waals surface area contributed by atoms with Crippen molar-refractivity contribution in [1.82, 2.24) is 19.9 Å². The first-order chi connectivity index (χ1) is 18.7. The molecule has 1 N–H and O–H groups in total. The van der Waals surface area contributed by atoms with Crippen LogP contribution >= 0.6 is 11.6 Å². The molecule has 210 valence electrons. The number of rotatable bonds is 4. The van der Waals surface area contributed by atoms with Gasteiger partial charge in [-0.05, 0) is 63.9 Å². The zero-order valence-corrected chi connectivity index (χ0v) is 24.8. The van der Waals surface area contributed by atoms with Crippen molar-refractivity contribution in [2.24, 2.45) is 0 Å². The molecule has 1 fully saturated rings. The van der Waals surface area contributed by atoms with Crippen molar-refractivity contribution in [3.63, 3.8) is 0 Å². The lowest BCUT2D eigenvalue weighted by atomic mass is 9.92. The van der Waals surface area contributed by atoms with Crippen LogP contribution in [0.2, 0.25) is 5.02 Å². The van der Waals surface area contributed by atoms with Crippen LogP contribution in [-0.4, -0.2) is 68.6 Å². The summed E-state index contributed by atoms with van der Waals surface area (Å²) in [5, 5.41) is 10.2. The minimum absolute atomic E-state index is 0.158. The first-order valence-corrected chi connectivity index (χ1v) is 13.8. The number of hydrogen-bond donors (Lipinski definition) is 1. The van der Waals surface area contributed by atoms with Crippen LogP contribution in [0.3, 0.4) is 0 Å². The number of carboxylic acids is 1. The van der Waals surface area contributed by atoms with Crippen molar-refractivity contribution in [1.29, 1.82) is 0 Å². The van der Waals surface area contributed by atoms with Crippen LogP contribution in [0.5, 0.6) is 0 Å². The molecule has 0 aliphatic carbocycles. The van der Waals surface area contributed by atoms with Crippen LogP contribution in [0.4, 0.5) is 17.3 Å². The van der Waals surface area contributed by atoms with Crippen molar-refractivity contribution in [3.8, 4) is 0 Å². The molecular formula is C30H35ClN6O3. The predicted molar refractivity (Wildman–Crippen MR) is 156 cm³/mol. The maximum absolute atomic E-state index is 13.8. The van der Waals surface area contributed by atoms with E-state index in [0.717, 1.165) is 28.6 Å². The summed E-state index contributed by atoms with van der Waals surface area (Å²) >= 11 is 6.41. The van der Waals surface area contributed by atoms with Gasteiger partial charge in [0.1, 0.15) is 11.5 Å². The van der Waals surface area contributed by atoms with Gasteiger partial charge in [0.2, 0.25) is 0 Å². The second-order valence-corrected chi connectivity index (χ2v) is 12.5. The van der Waals surface area contributed by atoms with Gasteiger partial charge in [0, 0.05) is 42.3 Å². The van der Waals surface area contributed by atoms with E-state index in [4.69, 9.17) is 21.6 Å². The Kier molecular flexibility index (Phi) is 6.77. The number of aromatic carboxylic acids is 1. The third kappa shape index (κ3) is 4.76. The number of benzene rings is 1. The standard InChI is InChI=1S/C30H35ClN6O3/c1-17-8-9-20(13-21(17)31)36-15-29(4,5)25-26(36)32-14-22(34-25)27(38)37-11-10-35(16-30(37,6)7)23-12-18(2)24(28(39)40)19(3)33-23/h8-9,12-14H,10-11,15-16H2,1-7H3,(H,39,40). The molecule has 1 amide bonds. The van der Waals surface area contributed by atoms with Gasteiger partial charge in [-0.1, -0.05) is 31.5 Å². The number of anilines is 3. The third-order valence-electron chi connectivity index (χ3n) is 7.96. The van der Waals surface area contributed by atoms with E-state index in [1.54, 1.807) is 20.0 Å². The first-order valence-electron chi connectivity index (χ1n) is 13.4. The molecule has 2 aliphatic rings. The number of carbonyl (C=O) groups excluding carboxylic acids is 1. The van der Waals surface area contributed by atoms with E-state index in [1.807, 2.05) is 49.9 Å². The number of aromatic nitrogens is 3. The molecular weight excluding hydrogens is 528 g/mol. The van der Waals surface area contributed by atoms with Crippen molar-refractivity contribution < 1.29 is 14.7 Å². The highest BCUT2D eigenvalue weighted by atomic mass is 35.5. The molecule has 10 heteroatoms. The van der Waals surface area contributed by atoms with Crippen LogP contribution in [0, 0.1) is 20.8 Å². The zero-order chi connectivity index (χ0) is 29.1. The smallest absolute Gasteiger partial charge is 0.337 e. The lowest BCUT2D eigenvalue weighted by Crippen LogP contribution is -2.61. The van der Waals surface area contributed by atoms with Gasteiger partial charge in [0.05, 0.1) is 28.7 Å². The average Bonchev–Trinajstić information content (AvgIpc) is 3.14. The molecule has 0 unspecified atom stereocenters. The highest BCUT2D eigenvalue weighted by Gasteiger charge is 2.42. The van der Waals surface area contributed by atoms with E-state index in [9.17, 15) is 14.7 Å². The summed E-state index contributed by atoms with van der Waals surface area (Å²) in [7, 11) is 0. The minimum atomic E-state index is -0.978. The fourth-order valence-electron chi connectivity index (χ4n) is 5.81. The van der Waals surface area contributed by atoms with Crippen molar-refractivity contribution in [3.05, 3.63) is 69.3 Å². The van der Waals surface area contributed by atoms with E-state index in [1.165, 1.54) is 0 Å². The Morgan fingerprint density at radius 1 is 0.975 bits per heavy atom. The number of aryl methyl sites for hydroxylation is 3. The Hall–Kier alpha value is -3.72. The number of fused-ring (bicyclic) bond motifs is 1. The predicted octanol–water partition coefficient (Wildman–Crippen LogP) is 5.32. The minimum Gasteiger partial charge on any atom is -0.478 e. The fourth-order valence-corrected chi connectivity index (χ4v) is 5.98. The number of halogens is 1. The zero-order valence-electron chi connectivity index (χ0n) is 24.0. The summed E-state index contributed by atoms with van der Waals surface area (Å²) in [6.45, 7) is 16.0. The maximum atomic E-state index is 13.8. The SMILES string of the molecule is Cc1ccc(N2CC(C)(C)c3nc(C(=O)N4CCN(c5cc(C)c(C(=O)O)c(C)n5)CC4(C)C)cnc32)cc1Cl. The third-order valence-corrected chi connectivity index (χ3v) is 8.37. The van der Waals surface area contributed by atoms with Gasteiger partial charge in [-0.25, -0.2) is 19.7 Å². The van der Waals surface area contributed by atoms with E-state index >= 15 is 0 Å². The Morgan fingerprint density at radius 3 is 2.33 bits per heavy atom. The van der Waals surface area contributed by atoms with Crippen molar-refractivity contribution >= 4 is 40.8 Å². The number of nitrogens with zero attached hydrogens (tertiary/aromatic N) is 6. The van der Waals surface area contributed by atoms with E-state index < -0.39 is 11.5 Å². The Labute approximate surface area is 239 Å². The maximum Gasteiger partial charge on any atom is 0.337 e. The Morgan fingerprint density at radius 2 is 1.70 bits per heavy atom. The van der Waals surface area contributed by atoms with Gasteiger partial charge in [-0.2, -0.15) is 0 Å². The monoisotopic (exact) mass is 562 g/mol. The molecule has 0 saturated carbocycles. The van der Waals surface area contributed by atoms with Crippen molar-refractivity contribution in [2.75, 3.05) is 36.0 Å². The average molecular weight is 563 g/mol. The molecule has 0 spiro atoms. The molecule has 0 bridgehead atoms. The largest absolute Gasteiger partial charge is 0.478 e. The van der Waals surface area contributed by atoms with E-state index in [-0.39, 0.29) is 16.9 Å². The van der Waals surface area contributed by atoms with Gasteiger partial charge in [-0.15, -0.1) is 0 Å². The number of piperazine rings is 1. The quantitative estimate of drug-likeness (QED) is 0.456. The number of carbonyl (C=O) groups is 2. The lowest BCUT2D eigenvalue weighted by molar-refractivity contribution is 0.0506. The van der Waals surface area contributed by atoms with Crippen LogP contribution in [0.25, 0.3) is 0 Å². The van der Waals surface area contributed by atoms with Crippen LogP contribution in [0.15, 0.2) is 30.5 Å². The second-order valence-electron chi connectivity index (χ2n) is 12.1. The molecule has 40 heavy (non-hydrogen) atoms. The summed E-state index contributed by atoms with van der Waals surface area (Å²) in [6.07, 6.45) is 1.58. The van der Waals surface area contributed by atoms with Crippen LogP contribution in [0.1, 0.15) is 71.1 Å². The summed E-state index contributed by atoms with van der Waals surface area (Å²) in [6, 6.07) is 7.78. The Bertz CT molecular complexity index is 1510. The summed E-state index contributed by atoms with van der Waals surface area (Å²) in [4.78, 5) is 45.7. The lowest BCUT2D eigenvalue weighted by Gasteiger charge is -2.47. The highest BCUT2D eigenvalue weighted by Crippen LogP contribution is 2.42. The number of hydrogen-bond acceptors (Lipinski definition) is 7. The molecule has 3 aromatic rings. The molecule has 2 aliphatic heterocycles. The second kappa shape index (κ2) is 9.73. The van der Waals surface area contributed by atoms with Gasteiger partial charge < -0.3 is 19.8 Å².